The minimum atomic E-state index is -0.229. The van der Waals surface area contributed by atoms with Crippen molar-refractivity contribution in [2.24, 2.45) is 0 Å². The summed E-state index contributed by atoms with van der Waals surface area (Å²) in [6, 6.07) is 16.5. The molecule has 2 aromatic rings. The Labute approximate surface area is 184 Å². The van der Waals surface area contributed by atoms with Crippen LogP contribution < -0.4 is 5.32 Å². The molecular weight excluding hydrogens is 416 g/mol. The van der Waals surface area contributed by atoms with E-state index in [2.05, 4.69) is 5.32 Å². The van der Waals surface area contributed by atoms with Crippen LogP contribution in [0.3, 0.4) is 0 Å². The Bertz CT molecular complexity index is 1030. The molecule has 1 aliphatic heterocycles. The number of amides is 2. The summed E-state index contributed by atoms with van der Waals surface area (Å²) in [5.74, 6) is -0.456. The van der Waals surface area contributed by atoms with Crippen molar-refractivity contribution in [3.05, 3.63) is 82.8 Å². The molecule has 0 bridgehead atoms. The minimum absolute atomic E-state index is 0.0334. The van der Waals surface area contributed by atoms with Gasteiger partial charge in [-0.3, -0.25) is 19.3 Å². The summed E-state index contributed by atoms with van der Waals surface area (Å²) in [4.78, 5) is 38.1. The highest BCUT2D eigenvalue weighted by molar-refractivity contribution is 8.26. The average Bonchev–Trinajstić information content (AvgIpc) is 3.00. The van der Waals surface area contributed by atoms with Crippen molar-refractivity contribution in [2.75, 3.05) is 11.9 Å². The van der Waals surface area contributed by atoms with Crippen molar-refractivity contribution in [3.63, 3.8) is 0 Å². The van der Waals surface area contributed by atoms with Crippen molar-refractivity contribution < 1.29 is 14.4 Å². The first kappa shape index (κ1) is 21.7. The van der Waals surface area contributed by atoms with Crippen LogP contribution in [0, 0.1) is 0 Å². The topological polar surface area (TPSA) is 66.5 Å². The number of anilines is 1. The van der Waals surface area contributed by atoms with E-state index in [1.54, 1.807) is 30.3 Å². The molecule has 2 aromatic carbocycles. The smallest absolute Gasteiger partial charge is 0.266 e. The van der Waals surface area contributed by atoms with Crippen molar-refractivity contribution in [1.29, 1.82) is 0 Å². The van der Waals surface area contributed by atoms with Crippen LogP contribution in [0.1, 0.15) is 29.3 Å². The maximum Gasteiger partial charge on any atom is 0.266 e. The average molecular weight is 437 g/mol. The van der Waals surface area contributed by atoms with Crippen LogP contribution in [0.2, 0.25) is 0 Å². The Morgan fingerprint density at radius 2 is 1.80 bits per heavy atom. The number of nitrogens with zero attached hydrogens (tertiary/aromatic N) is 1. The van der Waals surface area contributed by atoms with Crippen LogP contribution >= 0.6 is 24.0 Å². The normalized spacial score (nSPS) is 15.2. The third-order valence-electron chi connectivity index (χ3n) is 4.35. The number of hydrogen-bond acceptors (Lipinski definition) is 5. The quantitative estimate of drug-likeness (QED) is 0.388. The Hall–Kier alpha value is -3.03. The molecule has 1 saturated heterocycles. The molecule has 3 rings (SSSR count). The lowest BCUT2D eigenvalue weighted by Crippen LogP contribution is -2.31. The van der Waals surface area contributed by atoms with Gasteiger partial charge in [0.05, 0.1) is 4.91 Å². The van der Waals surface area contributed by atoms with Gasteiger partial charge in [0.25, 0.3) is 5.91 Å². The first-order chi connectivity index (χ1) is 14.4. The number of hydrogen-bond donors (Lipinski definition) is 1. The van der Waals surface area contributed by atoms with Gasteiger partial charge in [-0.15, -0.1) is 0 Å². The number of benzene rings is 2. The fraction of sp³-hybridized carbons (Fsp3) is 0.130. The van der Waals surface area contributed by atoms with E-state index in [0.717, 1.165) is 5.56 Å². The van der Waals surface area contributed by atoms with Gasteiger partial charge in [0, 0.05) is 24.2 Å². The second-order valence-corrected chi connectivity index (χ2v) is 8.23. The van der Waals surface area contributed by atoms with Crippen LogP contribution in [0.15, 0.2) is 71.7 Å². The van der Waals surface area contributed by atoms with E-state index >= 15 is 0 Å². The van der Waals surface area contributed by atoms with E-state index < -0.39 is 0 Å². The van der Waals surface area contributed by atoms with Crippen molar-refractivity contribution >= 4 is 57.7 Å². The number of nitrogens with one attached hydrogen (secondary N) is 1. The summed E-state index contributed by atoms with van der Waals surface area (Å²) in [5.41, 5.74) is 2.22. The highest BCUT2D eigenvalue weighted by Crippen LogP contribution is 2.31. The van der Waals surface area contributed by atoms with E-state index in [9.17, 15) is 14.4 Å². The van der Waals surface area contributed by atoms with Gasteiger partial charge in [-0.2, -0.15) is 0 Å². The molecule has 152 valence electrons. The predicted octanol–water partition coefficient (Wildman–Crippen LogP) is 4.68. The van der Waals surface area contributed by atoms with Crippen LogP contribution in [0.5, 0.6) is 0 Å². The molecule has 5 nitrogen and oxygen atoms in total. The minimum Gasteiger partial charge on any atom is -0.326 e. The summed E-state index contributed by atoms with van der Waals surface area (Å²) in [6.45, 7) is 1.70. The Morgan fingerprint density at radius 3 is 2.47 bits per heavy atom. The van der Waals surface area contributed by atoms with Gasteiger partial charge in [-0.05, 0) is 42.8 Å². The third kappa shape index (κ3) is 5.75. The van der Waals surface area contributed by atoms with Crippen LogP contribution in [-0.2, 0) is 9.59 Å². The van der Waals surface area contributed by atoms with Crippen molar-refractivity contribution in [1.82, 2.24) is 4.90 Å². The molecule has 0 aliphatic carbocycles. The second kappa shape index (κ2) is 10.1. The SMILES string of the molecule is CC(=O)c1ccc(NC(=O)CCN2C(=O)/C(=C\C=C\c3ccccc3)SC2=S)cc1. The van der Waals surface area contributed by atoms with Crippen molar-refractivity contribution in [2.45, 2.75) is 13.3 Å². The molecule has 1 aliphatic rings. The molecule has 0 saturated carbocycles. The summed E-state index contributed by atoms with van der Waals surface area (Å²) in [6.07, 6.45) is 5.59. The second-order valence-electron chi connectivity index (χ2n) is 6.56. The number of carbonyl (C=O) groups is 3. The summed E-state index contributed by atoms with van der Waals surface area (Å²) in [7, 11) is 0. The van der Waals surface area contributed by atoms with Gasteiger partial charge in [-0.25, -0.2) is 0 Å². The highest BCUT2D eigenvalue weighted by atomic mass is 32.2. The third-order valence-corrected chi connectivity index (χ3v) is 5.74. The molecule has 1 N–H and O–H groups in total. The number of thiocarbonyl (C=S) groups is 1. The van der Waals surface area contributed by atoms with Gasteiger partial charge in [-0.1, -0.05) is 66.5 Å². The number of allylic oxidation sites excluding steroid dienone is 2. The molecule has 7 heteroatoms. The number of carbonyl (C=O) groups excluding carboxylic acids is 3. The first-order valence-corrected chi connectivity index (χ1v) is 10.5. The van der Waals surface area contributed by atoms with Gasteiger partial charge >= 0.3 is 0 Å². The van der Waals surface area contributed by atoms with Gasteiger partial charge in [0.15, 0.2) is 5.78 Å². The lowest BCUT2D eigenvalue weighted by atomic mass is 10.1. The molecule has 1 fully saturated rings. The number of Topliss-reactive ketones (excluding diaryl/α,β-unsaturated/α-hetero) is 1. The fourth-order valence-electron chi connectivity index (χ4n) is 2.74. The van der Waals surface area contributed by atoms with E-state index in [1.807, 2.05) is 42.5 Å². The predicted molar refractivity (Wildman–Crippen MR) is 125 cm³/mol. The Kier molecular flexibility index (Phi) is 7.32. The lowest BCUT2D eigenvalue weighted by molar-refractivity contribution is -0.122. The van der Waals surface area contributed by atoms with Crippen LogP contribution in [0.25, 0.3) is 6.08 Å². The van der Waals surface area contributed by atoms with E-state index in [1.165, 1.54) is 23.6 Å². The van der Waals surface area contributed by atoms with E-state index in [-0.39, 0.29) is 30.6 Å². The maximum absolute atomic E-state index is 12.6. The number of rotatable bonds is 7. The zero-order valence-electron chi connectivity index (χ0n) is 16.3. The number of ketones is 1. The maximum atomic E-state index is 12.6. The fourth-order valence-corrected chi connectivity index (χ4v) is 4.00. The van der Waals surface area contributed by atoms with Gasteiger partial charge < -0.3 is 5.32 Å². The van der Waals surface area contributed by atoms with Gasteiger partial charge in [0.1, 0.15) is 4.32 Å². The number of thioether (sulfide) groups is 1. The van der Waals surface area contributed by atoms with Crippen LogP contribution in [-0.4, -0.2) is 33.4 Å². The summed E-state index contributed by atoms with van der Waals surface area (Å²) < 4.78 is 0.443. The lowest BCUT2D eigenvalue weighted by Gasteiger charge is -2.14. The largest absolute Gasteiger partial charge is 0.326 e. The highest BCUT2D eigenvalue weighted by Gasteiger charge is 2.31. The molecule has 1 heterocycles. The van der Waals surface area contributed by atoms with E-state index in [4.69, 9.17) is 12.2 Å². The molecule has 0 radical (unpaired) electrons. The molecule has 0 spiro atoms. The Balaban J connectivity index is 1.53. The van der Waals surface area contributed by atoms with E-state index in [0.29, 0.717) is 20.5 Å². The summed E-state index contributed by atoms with van der Waals surface area (Å²) in [5, 5.41) is 2.76. The molecular formula is C23H20N2O3S2. The zero-order valence-corrected chi connectivity index (χ0v) is 18.0. The zero-order chi connectivity index (χ0) is 21.5. The van der Waals surface area contributed by atoms with Crippen LogP contribution in [0.4, 0.5) is 5.69 Å². The molecule has 0 aromatic heterocycles. The van der Waals surface area contributed by atoms with Gasteiger partial charge in [0.2, 0.25) is 5.91 Å². The first-order valence-electron chi connectivity index (χ1n) is 9.32. The standard InChI is InChI=1S/C23H20N2O3S2/c1-16(26)18-10-12-19(13-11-18)24-21(27)14-15-25-22(28)20(30-23(25)29)9-5-8-17-6-3-2-4-7-17/h2-13H,14-15H2,1H3,(H,24,27)/b8-5+,20-9+. The monoisotopic (exact) mass is 436 g/mol. The molecule has 0 unspecified atom stereocenters. The summed E-state index contributed by atoms with van der Waals surface area (Å²) >= 11 is 6.53. The Morgan fingerprint density at radius 1 is 1.10 bits per heavy atom. The molecule has 0 atom stereocenters. The molecule has 2 amide bonds. The van der Waals surface area contributed by atoms with Crippen molar-refractivity contribution in [3.8, 4) is 0 Å². The molecule has 30 heavy (non-hydrogen) atoms.